The fourth-order valence-corrected chi connectivity index (χ4v) is 3.00. The first kappa shape index (κ1) is 14.4. The molecule has 0 saturated carbocycles. The van der Waals surface area contributed by atoms with Crippen molar-refractivity contribution in [1.29, 1.82) is 0 Å². The number of nitrogens with one attached hydrogen (secondary N) is 1. The van der Waals surface area contributed by atoms with E-state index in [1.54, 1.807) is 5.38 Å². The molecule has 0 unspecified atom stereocenters. The van der Waals surface area contributed by atoms with E-state index < -0.39 is 0 Å². The van der Waals surface area contributed by atoms with Crippen molar-refractivity contribution < 1.29 is 4.79 Å². The molecule has 1 aliphatic rings. The van der Waals surface area contributed by atoms with E-state index in [2.05, 4.69) is 22.1 Å². The van der Waals surface area contributed by atoms with Gasteiger partial charge >= 0.3 is 0 Å². The van der Waals surface area contributed by atoms with Crippen LogP contribution in [0.3, 0.4) is 0 Å². The molecule has 106 valence electrons. The monoisotopic (exact) mass is 282 g/mol. The molecule has 5 nitrogen and oxygen atoms in total. The fraction of sp³-hybridized carbons (Fsp3) is 0.692. The molecule has 0 atom stereocenters. The van der Waals surface area contributed by atoms with Gasteiger partial charge in [0.2, 0.25) is 0 Å². The van der Waals surface area contributed by atoms with E-state index in [0.29, 0.717) is 18.2 Å². The van der Waals surface area contributed by atoms with Gasteiger partial charge in [-0.3, -0.25) is 4.79 Å². The molecule has 1 aromatic rings. The standard InChI is InChI=1S/C13H22N4OS/c1-2-17-5-3-10(4-6-17)8-15-13(18)11-9-19-12(7-14)16-11/h9-10H,2-8,14H2,1H3,(H,15,18). The largest absolute Gasteiger partial charge is 0.350 e. The van der Waals surface area contributed by atoms with E-state index in [9.17, 15) is 4.79 Å². The second-order valence-electron chi connectivity index (χ2n) is 4.92. The molecule has 0 aliphatic carbocycles. The Morgan fingerprint density at radius 1 is 1.58 bits per heavy atom. The molecule has 1 saturated heterocycles. The van der Waals surface area contributed by atoms with E-state index in [1.807, 2.05) is 0 Å². The molecule has 2 rings (SSSR count). The molecular formula is C13H22N4OS. The number of hydrogen-bond donors (Lipinski definition) is 2. The minimum absolute atomic E-state index is 0.0751. The van der Waals surface area contributed by atoms with Crippen molar-refractivity contribution in [3.63, 3.8) is 0 Å². The second-order valence-corrected chi connectivity index (χ2v) is 5.86. The van der Waals surface area contributed by atoms with E-state index in [0.717, 1.165) is 31.2 Å². The van der Waals surface area contributed by atoms with Crippen LogP contribution in [-0.2, 0) is 6.54 Å². The molecule has 1 aromatic heterocycles. The lowest BCUT2D eigenvalue weighted by Gasteiger charge is -2.30. The summed E-state index contributed by atoms with van der Waals surface area (Å²) >= 11 is 1.44. The third-order valence-electron chi connectivity index (χ3n) is 3.66. The molecule has 0 radical (unpaired) electrons. The number of nitrogens with two attached hydrogens (primary N) is 1. The van der Waals surface area contributed by atoms with Gasteiger partial charge in [0, 0.05) is 18.5 Å². The van der Waals surface area contributed by atoms with Gasteiger partial charge < -0.3 is 16.0 Å². The summed E-state index contributed by atoms with van der Waals surface area (Å²) in [5.41, 5.74) is 5.99. The molecule has 6 heteroatoms. The summed E-state index contributed by atoms with van der Waals surface area (Å²) in [7, 11) is 0. The van der Waals surface area contributed by atoms with Crippen LogP contribution < -0.4 is 11.1 Å². The Labute approximate surface area is 118 Å². The van der Waals surface area contributed by atoms with Gasteiger partial charge in [-0.2, -0.15) is 0 Å². The Morgan fingerprint density at radius 2 is 2.32 bits per heavy atom. The lowest BCUT2D eigenvalue weighted by Crippen LogP contribution is -2.38. The quantitative estimate of drug-likeness (QED) is 0.847. The van der Waals surface area contributed by atoms with Crippen LogP contribution >= 0.6 is 11.3 Å². The van der Waals surface area contributed by atoms with Crippen LogP contribution in [0.25, 0.3) is 0 Å². The lowest BCUT2D eigenvalue weighted by atomic mass is 9.97. The van der Waals surface area contributed by atoms with Crippen molar-refractivity contribution in [2.75, 3.05) is 26.2 Å². The normalized spacial score (nSPS) is 17.6. The molecule has 0 bridgehead atoms. The lowest BCUT2D eigenvalue weighted by molar-refractivity contribution is 0.0932. The zero-order chi connectivity index (χ0) is 13.7. The van der Waals surface area contributed by atoms with Crippen LogP contribution in [0.15, 0.2) is 5.38 Å². The van der Waals surface area contributed by atoms with Gasteiger partial charge in [-0.1, -0.05) is 6.92 Å². The highest BCUT2D eigenvalue weighted by atomic mass is 32.1. The summed E-state index contributed by atoms with van der Waals surface area (Å²) < 4.78 is 0. The Hall–Kier alpha value is -0.980. The van der Waals surface area contributed by atoms with Gasteiger partial charge in [0.1, 0.15) is 10.7 Å². The molecule has 1 fully saturated rings. The number of nitrogens with zero attached hydrogens (tertiary/aromatic N) is 2. The van der Waals surface area contributed by atoms with Gasteiger partial charge in [0.15, 0.2) is 0 Å². The number of amides is 1. The van der Waals surface area contributed by atoms with Crippen molar-refractivity contribution in [2.45, 2.75) is 26.3 Å². The Kier molecular flexibility index (Phi) is 5.30. The first-order valence-corrected chi connectivity index (χ1v) is 7.76. The van der Waals surface area contributed by atoms with E-state index in [1.165, 1.54) is 24.2 Å². The number of carbonyl (C=O) groups is 1. The Morgan fingerprint density at radius 3 is 2.89 bits per heavy atom. The van der Waals surface area contributed by atoms with E-state index in [-0.39, 0.29) is 5.91 Å². The Bertz CT molecular complexity index is 413. The number of thiazole rings is 1. The van der Waals surface area contributed by atoms with Gasteiger partial charge in [-0.15, -0.1) is 11.3 Å². The molecule has 0 aromatic carbocycles. The van der Waals surface area contributed by atoms with Crippen LogP contribution in [0.2, 0.25) is 0 Å². The first-order valence-electron chi connectivity index (χ1n) is 6.88. The summed E-state index contributed by atoms with van der Waals surface area (Å²) in [5.74, 6) is 0.522. The number of piperidine rings is 1. The predicted molar refractivity (Wildman–Crippen MR) is 77.2 cm³/mol. The highest BCUT2D eigenvalue weighted by Gasteiger charge is 2.19. The molecule has 1 aliphatic heterocycles. The highest BCUT2D eigenvalue weighted by molar-refractivity contribution is 7.09. The molecule has 3 N–H and O–H groups in total. The summed E-state index contributed by atoms with van der Waals surface area (Å²) in [6, 6.07) is 0. The zero-order valence-electron chi connectivity index (χ0n) is 11.4. The minimum atomic E-state index is -0.0751. The third-order valence-corrected chi connectivity index (χ3v) is 4.54. The minimum Gasteiger partial charge on any atom is -0.350 e. The average molecular weight is 282 g/mol. The maximum absolute atomic E-state index is 11.9. The van der Waals surface area contributed by atoms with Crippen molar-refractivity contribution in [3.8, 4) is 0 Å². The van der Waals surface area contributed by atoms with Crippen molar-refractivity contribution in [2.24, 2.45) is 11.7 Å². The van der Waals surface area contributed by atoms with Crippen LogP contribution in [-0.4, -0.2) is 42.0 Å². The summed E-state index contributed by atoms with van der Waals surface area (Å²) in [6.45, 7) is 6.76. The molecule has 2 heterocycles. The van der Waals surface area contributed by atoms with E-state index >= 15 is 0 Å². The third kappa shape index (κ3) is 3.99. The van der Waals surface area contributed by atoms with Gasteiger partial charge in [-0.05, 0) is 38.4 Å². The second kappa shape index (κ2) is 6.98. The molecule has 0 spiro atoms. The SMILES string of the molecule is CCN1CCC(CNC(=O)c2csc(CN)n2)CC1. The summed E-state index contributed by atoms with van der Waals surface area (Å²) in [5, 5.41) is 5.57. The van der Waals surface area contributed by atoms with Crippen molar-refractivity contribution in [3.05, 3.63) is 16.1 Å². The van der Waals surface area contributed by atoms with Crippen LogP contribution in [0.4, 0.5) is 0 Å². The van der Waals surface area contributed by atoms with Crippen LogP contribution in [0.5, 0.6) is 0 Å². The number of likely N-dealkylation sites (tertiary alicyclic amines) is 1. The van der Waals surface area contributed by atoms with E-state index in [4.69, 9.17) is 5.73 Å². The topological polar surface area (TPSA) is 71.2 Å². The van der Waals surface area contributed by atoms with Crippen LogP contribution in [0, 0.1) is 5.92 Å². The molecular weight excluding hydrogens is 260 g/mol. The van der Waals surface area contributed by atoms with Gasteiger partial charge in [0.05, 0.1) is 0 Å². The Balaban J connectivity index is 1.75. The first-order chi connectivity index (χ1) is 9.22. The number of rotatable bonds is 5. The molecule has 1 amide bonds. The van der Waals surface area contributed by atoms with Crippen LogP contribution in [0.1, 0.15) is 35.3 Å². The smallest absolute Gasteiger partial charge is 0.270 e. The van der Waals surface area contributed by atoms with Crippen molar-refractivity contribution >= 4 is 17.2 Å². The maximum Gasteiger partial charge on any atom is 0.270 e. The predicted octanol–water partition coefficient (Wildman–Crippen LogP) is 1.06. The highest BCUT2D eigenvalue weighted by Crippen LogP contribution is 2.16. The summed E-state index contributed by atoms with van der Waals surface area (Å²) in [4.78, 5) is 18.6. The number of aromatic nitrogens is 1. The fourth-order valence-electron chi connectivity index (χ4n) is 2.34. The number of carbonyl (C=O) groups excluding carboxylic acids is 1. The van der Waals surface area contributed by atoms with Gasteiger partial charge in [-0.25, -0.2) is 4.98 Å². The zero-order valence-corrected chi connectivity index (χ0v) is 12.2. The van der Waals surface area contributed by atoms with Gasteiger partial charge in [0.25, 0.3) is 5.91 Å². The average Bonchev–Trinajstić information content (AvgIpc) is 2.94. The summed E-state index contributed by atoms with van der Waals surface area (Å²) in [6.07, 6.45) is 2.33. The molecule has 19 heavy (non-hydrogen) atoms. The number of hydrogen-bond acceptors (Lipinski definition) is 5. The van der Waals surface area contributed by atoms with Crippen molar-refractivity contribution in [1.82, 2.24) is 15.2 Å². The maximum atomic E-state index is 11.9.